The number of phenols is 1. The Balaban J connectivity index is 0.000000214. The molecule has 0 amide bonds. The van der Waals surface area contributed by atoms with Crippen LogP contribution < -0.4 is 0 Å². The molecule has 7 nitrogen and oxygen atoms in total. The maximum Gasteiger partial charge on any atom is 0.354 e. The van der Waals surface area contributed by atoms with E-state index in [9.17, 15) is 9.59 Å². The number of aromatic nitrogens is 1. The van der Waals surface area contributed by atoms with E-state index in [-0.39, 0.29) is 22.7 Å². The first-order chi connectivity index (χ1) is 16.9. The van der Waals surface area contributed by atoms with Crippen molar-refractivity contribution in [1.82, 2.24) is 9.47 Å². The van der Waals surface area contributed by atoms with Crippen LogP contribution in [-0.4, -0.2) is 51.8 Å². The minimum absolute atomic E-state index is 0.0430. The molecule has 2 aromatic carbocycles. The van der Waals surface area contributed by atoms with E-state index in [2.05, 4.69) is 46.7 Å². The van der Waals surface area contributed by atoms with Crippen molar-refractivity contribution in [3.05, 3.63) is 71.4 Å². The second kappa shape index (κ2) is 8.89. The molecule has 1 aromatic heterocycles. The monoisotopic (exact) mass is 474 g/mol. The van der Waals surface area contributed by atoms with Gasteiger partial charge in [0.05, 0.1) is 18.7 Å². The van der Waals surface area contributed by atoms with Gasteiger partial charge in [-0.2, -0.15) is 0 Å². The number of aromatic carboxylic acids is 1. The lowest BCUT2D eigenvalue weighted by Crippen LogP contribution is -2.51. The highest BCUT2D eigenvalue weighted by atomic mass is 16.5. The van der Waals surface area contributed by atoms with Crippen LogP contribution in [0.25, 0.3) is 16.6 Å². The molecule has 3 aliphatic heterocycles. The van der Waals surface area contributed by atoms with Crippen LogP contribution in [-0.2, 0) is 16.0 Å². The highest BCUT2D eigenvalue weighted by Crippen LogP contribution is 2.57. The molecule has 4 heterocycles. The number of ether oxygens (including phenoxy) is 1. The molecule has 35 heavy (non-hydrogen) atoms. The summed E-state index contributed by atoms with van der Waals surface area (Å²) in [7, 11) is 1.49. The van der Waals surface area contributed by atoms with Gasteiger partial charge in [-0.3, -0.25) is 4.90 Å². The fraction of sp³-hybridized carbons (Fsp3) is 0.357. The first kappa shape index (κ1) is 23.2. The highest BCUT2D eigenvalue weighted by Gasteiger charge is 2.51. The van der Waals surface area contributed by atoms with Crippen molar-refractivity contribution in [2.24, 2.45) is 5.41 Å². The van der Waals surface area contributed by atoms with Crippen molar-refractivity contribution in [2.75, 3.05) is 20.2 Å². The van der Waals surface area contributed by atoms with E-state index in [0.29, 0.717) is 11.7 Å². The van der Waals surface area contributed by atoms with Crippen LogP contribution in [0.5, 0.6) is 5.75 Å². The summed E-state index contributed by atoms with van der Waals surface area (Å²) in [5.41, 5.74) is 4.61. The second-order valence-corrected chi connectivity index (χ2v) is 9.44. The summed E-state index contributed by atoms with van der Waals surface area (Å²) < 4.78 is 7.38. The number of carbonyl (C=O) groups is 2. The van der Waals surface area contributed by atoms with Gasteiger partial charge in [-0.05, 0) is 62.1 Å². The number of piperidine rings is 1. The van der Waals surface area contributed by atoms with E-state index in [1.54, 1.807) is 12.1 Å². The zero-order valence-electron chi connectivity index (χ0n) is 20.0. The average Bonchev–Trinajstić information content (AvgIpc) is 3.22. The number of rotatable bonds is 3. The van der Waals surface area contributed by atoms with E-state index in [1.807, 2.05) is 0 Å². The summed E-state index contributed by atoms with van der Waals surface area (Å²) in [5.74, 6) is -1.54. The Morgan fingerprint density at radius 2 is 1.86 bits per heavy atom. The number of fused-ring (bicyclic) bond motifs is 3. The molecule has 0 spiro atoms. The molecule has 1 saturated heterocycles. The second-order valence-electron chi connectivity index (χ2n) is 9.44. The maximum atomic E-state index is 12.7. The molecule has 182 valence electrons. The zero-order chi connectivity index (χ0) is 24.7. The summed E-state index contributed by atoms with van der Waals surface area (Å²) in [6, 6.07) is 14.7. The molecule has 0 saturated carbocycles. The van der Waals surface area contributed by atoms with Crippen molar-refractivity contribution in [3.8, 4) is 5.75 Å². The maximum absolute atomic E-state index is 12.7. The number of nitrogens with zero attached hydrogens (tertiary/aromatic N) is 2. The molecular weight excluding hydrogens is 444 g/mol. The van der Waals surface area contributed by atoms with E-state index in [0.717, 1.165) is 37.9 Å². The summed E-state index contributed by atoms with van der Waals surface area (Å²) >= 11 is 0. The van der Waals surface area contributed by atoms with Crippen LogP contribution in [0.2, 0.25) is 0 Å². The molecule has 1 fully saturated rings. The number of carbonyl (C=O) groups excluding carboxylic acids is 1. The van der Waals surface area contributed by atoms with Crippen LogP contribution in [0.1, 0.15) is 53.8 Å². The SMILES string of the molecule is CC[C@@]12C=C(C(=O)OC)n3c4c(c5ccccc53)CCN(CCC1)[C@H]42.O=C(O)c1ccccc1O. The Kier molecular flexibility index (Phi) is 5.89. The molecule has 6 rings (SSSR count). The Bertz CT molecular complexity index is 1340. The molecule has 0 radical (unpaired) electrons. The zero-order valence-corrected chi connectivity index (χ0v) is 20.0. The summed E-state index contributed by atoms with van der Waals surface area (Å²) in [5, 5.41) is 18.6. The van der Waals surface area contributed by atoms with Gasteiger partial charge < -0.3 is 19.5 Å². The molecule has 2 atom stereocenters. The Hall–Kier alpha value is -3.58. The van der Waals surface area contributed by atoms with Crippen LogP contribution >= 0.6 is 0 Å². The van der Waals surface area contributed by atoms with Gasteiger partial charge in [-0.25, -0.2) is 9.59 Å². The normalized spacial score (nSPS) is 22.5. The van der Waals surface area contributed by atoms with E-state index in [4.69, 9.17) is 14.9 Å². The quantitative estimate of drug-likeness (QED) is 0.528. The van der Waals surface area contributed by atoms with Gasteiger partial charge in [0.2, 0.25) is 0 Å². The van der Waals surface area contributed by atoms with Gasteiger partial charge in [0.25, 0.3) is 0 Å². The molecule has 2 N–H and O–H groups in total. The first-order valence-corrected chi connectivity index (χ1v) is 12.1. The largest absolute Gasteiger partial charge is 0.507 e. The molecular formula is C28H30N2O5. The molecule has 7 heteroatoms. The van der Waals surface area contributed by atoms with Gasteiger partial charge >= 0.3 is 11.9 Å². The molecule has 0 unspecified atom stereocenters. The third-order valence-corrected chi connectivity index (χ3v) is 7.78. The number of hydrogen-bond donors (Lipinski definition) is 2. The third kappa shape index (κ3) is 3.62. The lowest BCUT2D eigenvalue weighted by Gasteiger charge is -2.53. The lowest BCUT2D eigenvalue weighted by molar-refractivity contribution is -0.134. The van der Waals surface area contributed by atoms with Crippen molar-refractivity contribution < 1.29 is 24.5 Å². The Labute approximate surface area is 204 Å². The van der Waals surface area contributed by atoms with Crippen LogP contribution in [0.15, 0.2) is 54.6 Å². The Morgan fingerprint density at radius 3 is 2.54 bits per heavy atom. The number of carboxylic acids is 1. The number of esters is 1. The van der Waals surface area contributed by atoms with Crippen molar-refractivity contribution >= 4 is 28.5 Å². The number of carboxylic acid groups (broad SMARTS) is 1. The van der Waals surface area contributed by atoms with Crippen molar-refractivity contribution in [1.29, 1.82) is 0 Å². The van der Waals surface area contributed by atoms with E-state index >= 15 is 0 Å². The smallest absolute Gasteiger partial charge is 0.354 e. The highest BCUT2D eigenvalue weighted by molar-refractivity contribution is 6.13. The number of para-hydroxylation sites is 2. The molecule has 0 bridgehead atoms. The molecule has 3 aromatic rings. The van der Waals surface area contributed by atoms with Gasteiger partial charge in [0.15, 0.2) is 0 Å². The fourth-order valence-electron chi connectivity index (χ4n) is 6.19. The average molecular weight is 475 g/mol. The number of aromatic hydroxyl groups is 1. The van der Waals surface area contributed by atoms with Crippen LogP contribution in [0.4, 0.5) is 0 Å². The standard InChI is InChI=1S/C21H24N2O2.C7H6O3/c1-3-21-10-6-11-22-12-9-15-14-7-4-5-8-16(14)23(18(15)19(21)22)17(13-21)20(24)25-2;8-6-4-2-1-3-5(6)7(9)10/h4-5,7-8,13,19H,3,6,9-12H2,1-2H3;1-4,8H,(H,9,10)/t19-,21+;/m1./s1. The van der Waals surface area contributed by atoms with Gasteiger partial charge in [-0.1, -0.05) is 37.3 Å². The van der Waals surface area contributed by atoms with Crippen LogP contribution in [0, 0.1) is 5.41 Å². The predicted octanol–water partition coefficient (Wildman–Crippen LogP) is 4.85. The van der Waals surface area contributed by atoms with Crippen molar-refractivity contribution in [2.45, 2.75) is 38.6 Å². The van der Waals surface area contributed by atoms with E-state index < -0.39 is 5.97 Å². The number of methoxy groups -OCH3 is 1. The van der Waals surface area contributed by atoms with E-state index in [1.165, 1.54) is 42.3 Å². The summed E-state index contributed by atoms with van der Waals surface area (Å²) in [6.07, 6.45) is 6.70. The number of hydrogen-bond acceptors (Lipinski definition) is 5. The van der Waals surface area contributed by atoms with Gasteiger partial charge in [0.1, 0.15) is 17.0 Å². The molecule has 0 aliphatic carbocycles. The summed E-state index contributed by atoms with van der Waals surface area (Å²) in [4.78, 5) is 25.6. The van der Waals surface area contributed by atoms with Crippen LogP contribution in [0.3, 0.4) is 0 Å². The molecule has 3 aliphatic rings. The lowest BCUT2D eigenvalue weighted by atomic mass is 9.66. The van der Waals surface area contributed by atoms with Gasteiger partial charge in [0, 0.05) is 23.0 Å². The summed E-state index contributed by atoms with van der Waals surface area (Å²) in [6.45, 7) is 4.55. The topological polar surface area (TPSA) is 92.0 Å². The third-order valence-electron chi connectivity index (χ3n) is 7.78. The Morgan fingerprint density at radius 1 is 1.11 bits per heavy atom. The number of benzene rings is 2. The first-order valence-electron chi connectivity index (χ1n) is 12.1. The fourth-order valence-corrected chi connectivity index (χ4v) is 6.19. The van der Waals surface area contributed by atoms with Crippen molar-refractivity contribution in [3.63, 3.8) is 0 Å². The minimum Gasteiger partial charge on any atom is -0.507 e. The van der Waals surface area contributed by atoms with Gasteiger partial charge in [-0.15, -0.1) is 0 Å². The predicted molar refractivity (Wildman–Crippen MR) is 133 cm³/mol. The minimum atomic E-state index is -1.11.